The fourth-order valence-corrected chi connectivity index (χ4v) is 3.94. The average Bonchev–Trinajstić information content (AvgIpc) is 3.13. The monoisotopic (exact) mass is 375 g/mol. The number of piperidine rings is 1. The van der Waals surface area contributed by atoms with Gasteiger partial charge < -0.3 is 14.8 Å². The van der Waals surface area contributed by atoms with Crippen LogP contribution in [0.25, 0.3) is 0 Å². The van der Waals surface area contributed by atoms with E-state index in [4.69, 9.17) is 0 Å². The number of hydrogen-bond acceptors (Lipinski definition) is 4. The summed E-state index contributed by atoms with van der Waals surface area (Å²) in [6, 6.07) is 4.09. The molecule has 27 heavy (non-hydrogen) atoms. The molecule has 144 valence electrons. The third-order valence-electron chi connectivity index (χ3n) is 5.50. The highest BCUT2D eigenvalue weighted by atomic mass is 19.2. The number of likely N-dealkylation sites (tertiary alicyclic amines) is 1. The minimum absolute atomic E-state index is 0.00964. The quantitative estimate of drug-likeness (QED) is 0.888. The minimum Gasteiger partial charge on any atom is -0.343 e. The maximum Gasteiger partial charge on any atom is 0.222 e. The number of aryl methyl sites for hydroxylation is 1. The first-order valence-corrected chi connectivity index (χ1v) is 9.47. The van der Waals surface area contributed by atoms with E-state index < -0.39 is 11.6 Å². The molecule has 0 radical (unpaired) electrons. The number of halogens is 2. The van der Waals surface area contributed by atoms with Gasteiger partial charge in [-0.25, -0.2) is 8.78 Å². The Labute approximate surface area is 156 Å². The number of carbonyl (C=O) groups is 1. The number of carbonyl (C=O) groups excluding carboxylic acids is 1. The number of hydrogen-bond donors (Lipinski definition) is 1. The molecule has 0 bridgehead atoms. The first-order valence-electron chi connectivity index (χ1n) is 9.47. The minimum atomic E-state index is -0.868. The van der Waals surface area contributed by atoms with Crippen molar-refractivity contribution in [3.8, 4) is 0 Å². The first-order chi connectivity index (χ1) is 13.1. The van der Waals surface area contributed by atoms with Gasteiger partial charge in [-0.05, 0) is 30.9 Å². The zero-order valence-electron chi connectivity index (χ0n) is 15.1. The van der Waals surface area contributed by atoms with E-state index in [1.807, 2.05) is 4.90 Å². The van der Waals surface area contributed by atoms with Crippen LogP contribution in [-0.4, -0.2) is 45.2 Å². The predicted molar refractivity (Wildman–Crippen MR) is 95.0 cm³/mol. The number of benzene rings is 1. The maximum atomic E-state index is 13.7. The van der Waals surface area contributed by atoms with Gasteiger partial charge in [0.1, 0.15) is 11.6 Å². The summed E-state index contributed by atoms with van der Waals surface area (Å²) in [5, 5.41) is 11.9. The normalized spacial score (nSPS) is 17.8. The van der Waals surface area contributed by atoms with Crippen molar-refractivity contribution < 1.29 is 13.6 Å². The first kappa shape index (κ1) is 18.0. The lowest BCUT2D eigenvalue weighted by molar-refractivity contribution is -0.132. The number of nitrogens with zero attached hydrogens (tertiary/aromatic N) is 4. The second kappa shape index (κ2) is 7.72. The molecule has 1 aromatic carbocycles. The van der Waals surface area contributed by atoms with Crippen LogP contribution in [0.3, 0.4) is 0 Å². The molecule has 4 rings (SSSR count). The molecule has 3 heterocycles. The fourth-order valence-electron chi connectivity index (χ4n) is 3.94. The zero-order chi connectivity index (χ0) is 18.8. The molecule has 0 unspecified atom stereocenters. The van der Waals surface area contributed by atoms with Gasteiger partial charge in [0.15, 0.2) is 11.6 Å². The summed E-state index contributed by atoms with van der Waals surface area (Å²) in [5.74, 6) is 0.591. The molecule has 8 heteroatoms. The van der Waals surface area contributed by atoms with E-state index in [1.165, 1.54) is 12.1 Å². The molecular weight excluding hydrogens is 352 g/mol. The molecule has 1 amide bonds. The lowest BCUT2D eigenvalue weighted by Crippen LogP contribution is -2.39. The van der Waals surface area contributed by atoms with Gasteiger partial charge in [-0.1, -0.05) is 12.1 Å². The van der Waals surface area contributed by atoms with Gasteiger partial charge in [0.05, 0.1) is 6.54 Å². The molecule has 1 N–H and O–H groups in total. The van der Waals surface area contributed by atoms with Gasteiger partial charge in [-0.3, -0.25) is 4.79 Å². The van der Waals surface area contributed by atoms with E-state index in [0.717, 1.165) is 50.2 Å². The van der Waals surface area contributed by atoms with Crippen molar-refractivity contribution in [2.45, 2.75) is 44.7 Å². The molecule has 0 saturated carbocycles. The van der Waals surface area contributed by atoms with Crippen LogP contribution in [0.2, 0.25) is 0 Å². The SMILES string of the molecule is O=C(CCc1cccc(F)c1F)N1CCC(c2nnc3n2CCNC3)CC1. The smallest absolute Gasteiger partial charge is 0.222 e. The highest BCUT2D eigenvalue weighted by Crippen LogP contribution is 2.28. The Hall–Kier alpha value is -2.35. The summed E-state index contributed by atoms with van der Waals surface area (Å²) >= 11 is 0. The number of rotatable bonds is 4. The summed E-state index contributed by atoms with van der Waals surface area (Å²) in [4.78, 5) is 14.3. The van der Waals surface area contributed by atoms with Gasteiger partial charge in [0, 0.05) is 38.5 Å². The Bertz CT molecular complexity index is 830. The van der Waals surface area contributed by atoms with E-state index in [0.29, 0.717) is 19.0 Å². The zero-order valence-corrected chi connectivity index (χ0v) is 15.1. The molecule has 1 fully saturated rings. The van der Waals surface area contributed by atoms with Crippen LogP contribution >= 0.6 is 0 Å². The van der Waals surface area contributed by atoms with Crippen molar-refractivity contribution in [3.05, 3.63) is 47.0 Å². The van der Waals surface area contributed by atoms with E-state index in [-0.39, 0.29) is 24.3 Å². The number of aromatic nitrogens is 3. The van der Waals surface area contributed by atoms with E-state index in [1.54, 1.807) is 0 Å². The van der Waals surface area contributed by atoms with Crippen LogP contribution in [0.15, 0.2) is 18.2 Å². The van der Waals surface area contributed by atoms with E-state index >= 15 is 0 Å². The molecule has 2 aromatic rings. The van der Waals surface area contributed by atoms with Crippen LogP contribution < -0.4 is 5.32 Å². The lowest BCUT2D eigenvalue weighted by Gasteiger charge is -2.32. The molecule has 6 nitrogen and oxygen atoms in total. The second-order valence-corrected chi connectivity index (χ2v) is 7.17. The van der Waals surface area contributed by atoms with Crippen molar-refractivity contribution in [1.82, 2.24) is 25.0 Å². The summed E-state index contributed by atoms with van der Waals surface area (Å²) in [5.41, 5.74) is 0.252. The van der Waals surface area contributed by atoms with Crippen molar-refractivity contribution in [1.29, 1.82) is 0 Å². The molecule has 2 aliphatic rings. The third kappa shape index (κ3) is 3.71. The Morgan fingerprint density at radius 1 is 1.19 bits per heavy atom. The average molecular weight is 375 g/mol. The van der Waals surface area contributed by atoms with Crippen LogP contribution in [0.1, 0.15) is 42.4 Å². The third-order valence-corrected chi connectivity index (χ3v) is 5.50. The van der Waals surface area contributed by atoms with Gasteiger partial charge in [-0.15, -0.1) is 10.2 Å². The van der Waals surface area contributed by atoms with Crippen LogP contribution in [0, 0.1) is 11.6 Å². The molecule has 0 spiro atoms. The van der Waals surface area contributed by atoms with Crippen molar-refractivity contribution in [2.75, 3.05) is 19.6 Å². The molecule has 0 aliphatic carbocycles. The van der Waals surface area contributed by atoms with Crippen molar-refractivity contribution in [2.24, 2.45) is 0 Å². The highest BCUT2D eigenvalue weighted by molar-refractivity contribution is 5.76. The Morgan fingerprint density at radius 2 is 2.00 bits per heavy atom. The largest absolute Gasteiger partial charge is 0.343 e. The number of amides is 1. The standard InChI is InChI=1S/C19H23F2N5O/c20-15-3-1-2-13(18(15)21)4-5-17(27)25-9-6-14(7-10-25)19-24-23-16-12-22-8-11-26(16)19/h1-3,14,22H,4-12H2. The summed E-state index contributed by atoms with van der Waals surface area (Å²) in [6.07, 6.45) is 2.11. The fraction of sp³-hybridized carbons (Fsp3) is 0.526. The summed E-state index contributed by atoms with van der Waals surface area (Å²) in [6.45, 7) is 3.88. The van der Waals surface area contributed by atoms with Crippen LogP contribution in [-0.2, 0) is 24.3 Å². The Morgan fingerprint density at radius 3 is 2.81 bits per heavy atom. The number of nitrogens with one attached hydrogen (secondary N) is 1. The molecule has 1 aromatic heterocycles. The van der Waals surface area contributed by atoms with Gasteiger partial charge in [0.2, 0.25) is 5.91 Å². The Balaban J connectivity index is 1.32. The second-order valence-electron chi connectivity index (χ2n) is 7.17. The summed E-state index contributed by atoms with van der Waals surface area (Å²) < 4.78 is 29.2. The van der Waals surface area contributed by atoms with Crippen LogP contribution in [0.4, 0.5) is 8.78 Å². The topological polar surface area (TPSA) is 63.1 Å². The van der Waals surface area contributed by atoms with Gasteiger partial charge >= 0.3 is 0 Å². The number of fused-ring (bicyclic) bond motifs is 1. The van der Waals surface area contributed by atoms with E-state index in [2.05, 4.69) is 20.1 Å². The van der Waals surface area contributed by atoms with Gasteiger partial charge in [-0.2, -0.15) is 0 Å². The summed E-state index contributed by atoms with van der Waals surface area (Å²) in [7, 11) is 0. The molecule has 2 aliphatic heterocycles. The molecule has 0 atom stereocenters. The lowest BCUT2D eigenvalue weighted by atomic mass is 9.95. The maximum absolute atomic E-state index is 13.7. The van der Waals surface area contributed by atoms with Gasteiger partial charge in [0.25, 0.3) is 0 Å². The van der Waals surface area contributed by atoms with E-state index in [9.17, 15) is 13.6 Å². The molecule has 1 saturated heterocycles. The molecular formula is C19H23F2N5O. The van der Waals surface area contributed by atoms with Crippen molar-refractivity contribution in [3.63, 3.8) is 0 Å². The van der Waals surface area contributed by atoms with Crippen molar-refractivity contribution >= 4 is 5.91 Å². The predicted octanol–water partition coefficient (Wildman–Crippen LogP) is 2.00. The van der Waals surface area contributed by atoms with Crippen LogP contribution in [0.5, 0.6) is 0 Å². The highest BCUT2D eigenvalue weighted by Gasteiger charge is 2.28. The Kier molecular flexibility index (Phi) is 5.15.